The molecule has 0 saturated heterocycles. The minimum absolute atomic E-state index is 0.230. The Morgan fingerprint density at radius 1 is 1.11 bits per heavy atom. The zero-order chi connectivity index (χ0) is 19.8. The van der Waals surface area contributed by atoms with Gasteiger partial charge < -0.3 is 21.1 Å². The molecule has 1 unspecified atom stereocenters. The first kappa shape index (κ1) is 19.3. The topological polar surface area (TPSA) is 93.4 Å². The summed E-state index contributed by atoms with van der Waals surface area (Å²) in [6, 6.07) is 9.79. The van der Waals surface area contributed by atoms with Crippen LogP contribution in [0.15, 0.2) is 36.4 Å². The van der Waals surface area contributed by atoms with Crippen LogP contribution in [0.3, 0.4) is 0 Å². The lowest BCUT2D eigenvalue weighted by Gasteiger charge is -2.29. The van der Waals surface area contributed by atoms with Crippen LogP contribution < -0.4 is 16.4 Å². The van der Waals surface area contributed by atoms with Gasteiger partial charge in [0, 0.05) is 5.56 Å². The van der Waals surface area contributed by atoms with Gasteiger partial charge in [0.1, 0.15) is 0 Å². The first-order valence-corrected chi connectivity index (χ1v) is 9.12. The molecule has 6 nitrogen and oxygen atoms in total. The van der Waals surface area contributed by atoms with Gasteiger partial charge in [0.05, 0.1) is 33.6 Å². The lowest BCUT2D eigenvalue weighted by Crippen LogP contribution is -2.51. The van der Waals surface area contributed by atoms with Crippen molar-refractivity contribution in [1.82, 2.24) is 0 Å². The molecule has 1 aliphatic rings. The summed E-state index contributed by atoms with van der Waals surface area (Å²) in [4.78, 5) is 24.6. The van der Waals surface area contributed by atoms with E-state index in [1.54, 1.807) is 36.4 Å². The van der Waals surface area contributed by atoms with Gasteiger partial charge in [-0.15, -0.1) is 0 Å². The first-order chi connectivity index (χ1) is 12.7. The van der Waals surface area contributed by atoms with Crippen molar-refractivity contribution in [2.45, 2.75) is 19.5 Å². The lowest BCUT2D eigenvalue weighted by molar-refractivity contribution is -0.121. The molecule has 2 aromatic rings. The second-order valence-corrected chi connectivity index (χ2v) is 7.53. The van der Waals surface area contributed by atoms with Crippen molar-refractivity contribution >= 4 is 46.5 Å². The Morgan fingerprint density at radius 3 is 2.33 bits per heavy atom. The van der Waals surface area contributed by atoms with E-state index in [0.717, 1.165) is 0 Å². The molecule has 1 aliphatic heterocycles. The zero-order valence-corrected chi connectivity index (χ0v) is 16.3. The van der Waals surface area contributed by atoms with Gasteiger partial charge in [-0.2, -0.15) is 0 Å². The molecule has 1 heterocycles. The highest BCUT2D eigenvalue weighted by atomic mass is 35.5. The van der Waals surface area contributed by atoms with Gasteiger partial charge in [0.2, 0.25) is 5.66 Å². The van der Waals surface area contributed by atoms with E-state index in [-0.39, 0.29) is 16.0 Å². The Bertz CT molecular complexity index is 897. The van der Waals surface area contributed by atoms with Crippen LogP contribution >= 0.6 is 23.2 Å². The Kier molecular flexibility index (Phi) is 5.22. The summed E-state index contributed by atoms with van der Waals surface area (Å²) in [7, 11) is 0. The standard InChI is InChI=1S/C19H19Cl2N3O3/c1-10(2)9-27-17(25)11-6-7-14-15(8-11)24-19(23-14,18(22)26)16-12(20)4-3-5-13(16)21/h3-8,10,23-24H,9H2,1-2H3,(H2,22,26). The average Bonchev–Trinajstić information content (AvgIpc) is 2.99. The highest BCUT2D eigenvalue weighted by Crippen LogP contribution is 2.44. The molecule has 0 fully saturated rings. The third-order valence-electron chi connectivity index (χ3n) is 4.15. The van der Waals surface area contributed by atoms with E-state index in [1.807, 2.05) is 13.8 Å². The zero-order valence-electron chi connectivity index (χ0n) is 14.8. The average molecular weight is 408 g/mol. The number of benzene rings is 2. The van der Waals surface area contributed by atoms with Crippen molar-refractivity contribution in [2.24, 2.45) is 11.7 Å². The molecule has 27 heavy (non-hydrogen) atoms. The molecule has 2 aromatic carbocycles. The van der Waals surface area contributed by atoms with E-state index in [9.17, 15) is 9.59 Å². The molecule has 1 atom stereocenters. The number of hydrogen-bond donors (Lipinski definition) is 3. The van der Waals surface area contributed by atoms with E-state index in [0.29, 0.717) is 29.1 Å². The van der Waals surface area contributed by atoms with Crippen LogP contribution in [0.25, 0.3) is 0 Å². The third-order valence-corrected chi connectivity index (χ3v) is 4.78. The number of primary amides is 1. The minimum Gasteiger partial charge on any atom is -0.462 e. The molecule has 0 aromatic heterocycles. The first-order valence-electron chi connectivity index (χ1n) is 8.36. The molecule has 0 saturated carbocycles. The van der Waals surface area contributed by atoms with E-state index >= 15 is 0 Å². The number of halogens is 2. The molecule has 8 heteroatoms. The number of anilines is 2. The molecule has 1 amide bonds. The Balaban J connectivity index is 1.97. The summed E-state index contributed by atoms with van der Waals surface area (Å²) >= 11 is 12.6. The monoisotopic (exact) mass is 407 g/mol. The van der Waals surface area contributed by atoms with Gasteiger partial charge in [0.15, 0.2) is 0 Å². The van der Waals surface area contributed by atoms with Gasteiger partial charge in [-0.3, -0.25) is 4.79 Å². The van der Waals surface area contributed by atoms with Crippen molar-refractivity contribution in [1.29, 1.82) is 0 Å². The molecule has 0 bridgehead atoms. The van der Waals surface area contributed by atoms with Crippen LogP contribution in [0.2, 0.25) is 10.0 Å². The van der Waals surface area contributed by atoms with Gasteiger partial charge in [-0.05, 0) is 36.2 Å². The van der Waals surface area contributed by atoms with Crippen LogP contribution in [0.4, 0.5) is 11.4 Å². The van der Waals surface area contributed by atoms with Gasteiger partial charge in [-0.1, -0.05) is 43.1 Å². The maximum absolute atomic E-state index is 12.4. The fourth-order valence-electron chi connectivity index (χ4n) is 2.87. The third kappa shape index (κ3) is 3.55. The number of nitrogens with one attached hydrogen (secondary N) is 2. The lowest BCUT2D eigenvalue weighted by atomic mass is 9.99. The molecule has 3 rings (SSSR count). The smallest absolute Gasteiger partial charge is 0.338 e. The quantitative estimate of drug-likeness (QED) is 0.651. The highest BCUT2D eigenvalue weighted by molar-refractivity contribution is 6.37. The van der Waals surface area contributed by atoms with Gasteiger partial charge >= 0.3 is 5.97 Å². The Hall–Kier alpha value is -2.44. The van der Waals surface area contributed by atoms with Crippen LogP contribution in [-0.2, 0) is 15.2 Å². The van der Waals surface area contributed by atoms with Gasteiger partial charge in [0.25, 0.3) is 5.91 Å². The van der Waals surface area contributed by atoms with E-state index in [2.05, 4.69) is 10.6 Å². The summed E-state index contributed by atoms with van der Waals surface area (Å²) in [6.07, 6.45) is 0. The molecule has 0 aliphatic carbocycles. The number of rotatable bonds is 5. The number of esters is 1. The second-order valence-electron chi connectivity index (χ2n) is 6.71. The Labute approximate surface area is 167 Å². The summed E-state index contributed by atoms with van der Waals surface area (Å²) in [5.41, 5.74) is 5.94. The number of ether oxygens (including phenoxy) is 1. The van der Waals surface area contributed by atoms with Crippen LogP contribution in [0, 0.1) is 5.92 Å². The van der Waals surface area contributed by atoms with Crippen molar-refractivity contribution in [2.75, 3.05) is 17.2 Å². The molecular formula is C19H19Cl2N3O3. The number of carbonyl (C=O) groups is 2. The van der Waals surface area contributed by atoms with E-state index < -0.39 is 17.5 Å². The minimum atomic E-state index is -1.53. The second kappa shape index (κ2) is 7.29. The van der Waals surface area contributed by atoms with E-state index in [4.69, 9.17) is 33.7 Å². The fourth-order valence-corrected chi connectivity index (χ4v) is 3.55. The van der Waals surface area contributed by atoms with Crippen LogP contribution in [-0.4, -0.2) is 18.5 Å². The number of fused-ring (bicyclic) bond motifs is 1. The highest BCUT2D eigenvalue weighted by Gasteiger charge is 2.46. The summed E-state index contributed by atoms with van der Waals surface area (Å²) in [5, 5.41) is 6.66. The number of amides is 1. The molecular weight excluding hydrogens is 389 g/mol. The Morgan fingerprint density at radius 2 is 1.74 bits per heavy atom. The molecule has 142 valence electrons. The van der Waals surface area contributed by atoms with E-state index in [1.165, 1.54) is 0 Å². The van der Waals surface area contributed by atoms with Crippen molar-refractivity contribution in [3.05, 3.63) is 57.6 Å². The predicted molar refractivity (Wildman–Crippen MR) is 106 cm³/mol. The molecule has 0 radical (unpaired) electrons. The van der Waals surface area contributed by atoms with Crippen molar-refractivity contribution < 1.29 is 14.3 Å². The van der Waals surface area contributed by atoms with Crippen LogP contribution in [0.5, 0.6) is 0 Å². The predicted octanol–water partition coefficient (Wildman–Crippen LogP) is 3.98. The number of carbonyl (C=O) groups excluding carboxylic acids is 2. The van der Waals surface area contributed by atoms with Gasteiger partial charge in [-0.25, -0.2) is 4.79 Å². The molecule has 4 N–H and O–H groups in total. The van der Waals surface area contributed by atoms with Crippen molar-refractivity contribution in [3.8, 4) is 0 Å². The normalized spacial score (nSPS) is 17.8. The molecule has 0 spiro atoms. The summed E-state index contributed by atoms with van der Waals surface area (Å²) in [5.74, 6) is -0.925. The number of hydrogen-bond acceptors (Lipinski definition) is 5. The maximum Gasteiger partial charge on any atom is 0.338 e. The SMILES string of the molecule is CC(C)COC(=O)c1ccc2c(c1)NC(C(N)=O)(c1c(Cl)cccc1Cl)N2. The maximum atomic E-state index is 12.4. The largest absolute Gasteiger partial charge is 0.462 e. The summed E-state index contributed by atoms with van der Waals surface area (Å²) in [6.45, 7) is 4.23. The summed E-state index contributed by atoms with van der Waals surface area (Å²) < 4.78 is 5.25. The number of nitrogens with two attached hydrogens (primary N) is 1. The van der Waals surface area contributed by atoms with Crippen LogP contribution in [0.1, 0.15) is 29.8 Å². The van der Waals surface area contributed by atoms with Crippen molar-refractivity contribution in [3.63, 3.8) is 0 Å². The fraction of sp³-hybridized carbons (Fsp3) is 0.263.